The van der Waals surface area contributed by atoms with Crippen molar-refractivity contribution in [2.24, 2.45) is 0 Å². The third-order valence-electron chi connectivity index (χ3n) is 5.04. The quantitative estimate of drug-likeness (QED) is 0.792. The number of hydrogen-bond acceptors (Lipinski definition) is 5. The lowest BCUT2D eigenvalue weighted by Gasteiger charge is -2.15. The van der Waals surface area contributed by atoms with Gasteiger partial charge in [-0.25, -0.2) is 9.97 Å². The number of ether oxygens (including phenoxy) is 2. The van der Waals surface area contributed by atoms with Gasteiger partial charge in [0.05, 0.1) is 18.7 Å². The molecular formula is C19H20N4O2. The fraction of sp³-hybridized carbons (Fsp3) is 0.368. The van der Waals surface area contributed by atoms with Crippen molar-refractivity contribution >= 4 is 16.9 Å². The molecule has 0 atom stereocenters. The van der Waals surface area contributed by atoms with Crippen molar-refractivity contribution in [3.63, 3.8) is 0 Å². The van der Waals surface area contributed by atoms with Crippen molar-refractivity contribution in [2.75, 3.05) is 12.8 Å². The first-order chi connectivity index (χ1) is 12.3. The highest BCUT2D eigenvalue weighted by Crippen LogP contribution is 2.39. The molecule has 2 heterocycles. The molecule has 0 spiro atoms. The van der Waals surface area contributed by atoms with E-state index in [4.69, 9.17) is 15.2 Å². The van der Waals surface area contributed by atoms with Gasteiger partial charge in [0, 0.05) is 17.4 Å². The molecular weight excluding hydrogens is 316 g/mol. The highest BCUT2D eigenvalue weighted by molar-refractivity contribution is 5.91. The predicted octanol–water partition coefficient (Wildman–Crippen LogP) is 3.04. The van der Waals surface area contributed by atoms with Gasteiger partial charge in [0.15, 0.2) is 17.3 Å². The minimum Gasteiger partial charge on any atom is -0.493 e. The molecule has 0 saturated heterocycles. The van der Waals surface area contributed by atoms with Crippen molar-refractivity contribution in [2.45, 2.75) is 38.2 Å². The van der Waals surface area contributed by atoms with E-state index in [-0.39, 0.29) is 0 Å². The molecule has 1 fully saturated rings. The van der Waals surface area contributed by atoms with Crippen LogP contribution in [-0.4, -0.2) is 27.7 Å². The van der Waals surface area contributed by atoms with Gasteiger partial charge in [-0.2, -0.15) is 0 Å². The van der Waals surface area contributed by atoms with Gasteiger partial charge in [-0.05, 0) is 49.8 Å². The molecule has 0 radical (unpaired) electrons. The Balaban J connectivity index is 1.71. The third-order valence-corrected chi connectivity index (χ3v) is 5.04. The molecule has 2 N–H and O–H groups in total. The van der Waals surface area contributed by atoms with Crippen LogP contribution in [0.25, 0.3) is 16.7 Å². The largest absolute Gasteiger partial charge is 0.493 e. The van der Waals surface area contributed by atoms with E-state index in [2.05, 4.69) is 20.6 Å². The van der Waals surface area contributed by atoms with Gasteiger partial charge in [-0.1, -0.05) is 0 Å². The molecule has 3 aromatic rings. The Morgan fingerprint density at radius 1 is 1.16 bits per heavy atom. The van der Waals surface area contributed by atoms with Gasteiger partial charge in [0.2, 0.25) is 0 Å². The first-order valence-electron chi connectivity index (χ1n) is 8.74. The summed E-state index contributed by atoms with van der Waals surface area (Å²) in [7, 11) is 1.68. The molecule has 0 bridgehead atoms. The number of methoxy groups -OCH3 is 1. The standard InChI is InChI=1S/C19H20N4O2/c1-24-16-9-11(5-8-15(16)25-12-6-7-12)23-14-4-2-3-13(14)17-18(23)19(20)22-10-21-17/h5,8-10,12H,2-4,6-7H2,1H3,(H2,20,21,22). The van der Waals surface area contributed by atoms with E-state index >= 15 is 0 Å². The van der Waals surface area contributed by atoms with Gasteiger partial charge >= 0.3 is 0 Å². The minimum atomic E-state index is 0.334. The van der Waals surface area contributed by atoms with E-state index in [0.717, 1.165) is 60.3 Å². The molecule has 128 valence electrons. The van der Waals surface area contributed by atoms with Crippen molar-refractivity contribution in [3.05, 3.63) is 35.8 Å². The summed E-state index contributed by atoms with van der Waals surface area (Å²) in [5.41, 5.74) is 11.6. The Morgan fingerprint density at radius 2 is 2.04 bits per heavy atom. The van der Waals surface area contributed by atoms with Gasteiger partial charge in [0.1, 0.15) is 11.8 Å². The molecule has 6 nitrogen and oxygen atoms in total. The zero-order valence-corrected chi connectivity index (χ0v) is 14.2. The normalized spacial score (nSPS) is 16.2. The average molecular weight is 336 g/mol. The predicted molar refractivity (Wildman–Crippen MR) is 95.5 cm³/mol. The number of benzene rings is 1. The number of aromatic nitrogens is 3. The third kappa shape index (κ3) is 2.24. The maximum Gasteiger partial charge on any atom is 0.162 e. The van der Waals surface area contributed by atoms with E-state index in [9.17, 15) is 0 Å². The Hall–Kier alpha value is -2.76. The van der Waals surface area contributed by atoms with E-state index in [1.54, 1.807) is 13.4 Å². The number of nitrogens with two attached hydrogens (primary N) is 1. The summed E-state index contributed by atoms with van der Waals surface area (Å²) in [6.07, 6.45) is 7.32. The molecule has 0 aliphatic heterocycles. The van der Waals surface area contributed by atoms with Crippen molar-refractivity contribution < 1.29 is 9.47 Å². The van der Waals surface area contributed by atoms with Crippen molar-refractivity contribution in [1.82, 2.24) is 14.5 Å². The van der Waals surface area contributed by atoms with Gasteiger partial charge in [-0.15, -0.1) is 0 Å². The number of rotatable bonds is 4. The van der Waals surface area contributed by atoms with Crippen molar-refractivity contribution in [1.29, 1.82) is 0 Å². The van der Waals surface area contributed by atoms with Gasteiger partial charge in [-0.3, -0.25) is 0 Å². The maximum atomic E-state index is 6.20. The van der Waals surface area contributed by atoms with E-state index in [1.807, 2.05) is 12.1 Å². The smallest absolute Gasteiger partial charge is 0.162 e. The van der Waals surface area contributed by atoms with Crippen molar-refractivity contribution in [3.8, 4) is 17.2 Å². The van der Waals surface area contributed by atoms with Crippen LogP contribution in [0.3, 0.4) is 0 Å². The van der Waals surface area contributed by atoms with E-state index in [1.165, 1.54) is 11.3 Å². The van der Waals surface area contributed by atoms with Gasteiger partial charge in [0.25, 0.3) is 0 Å². The Kier molecular flexibility index (Phi) is 3.13. The lowest BCUT2D eigenvalue weighted by molar-refractivity contribution is 0.282. The van der Waals surface area contributed by atoms with Crippen LogP contribution < -0.4 is 15.2 Å². The summed E-state index contributed by atoms with van der Waals surface area (Å²) < 4.78 is 13.7. The molecule has 1 aromatic carbocycles. The Bertz CT molecular complexity index is 975. The number of nitrogens with zero attached hydrogens (tertiary/aromatic N) is 3. The highest BCUT2D eigenvalue weighted by Gasteiger charge is 2.27. The minimum absolute atomic E-state index is 0.334. The van der Waals surface area contributed by atoms with E-state index in [0.29, 0.717) is 11.9 Å². The first kappa shape index (κ1) is 14.6. The lowest BCUT2D eigenvalue weighted by atomic mass is 10.2. The average Bonchev–Trinajstić information content (AvgIpc) is 3.20. The lowest BCUT2D eigenvalue weighted by Crippen LogP contribution is -2.04. The number of anilines is 1. The summed E-state index contributed by atoms with van der Waals surface area (Å²) in [5.74, 6) is 2.05. The molecule has 0 amide bonds. The molecule has 1 saturated carbocycles. The van der Waals surface area contributed by atoms with Crippen LogP contribution in [0.1, 0.15) is 30.5 Å². The first-order valence-corrected chi connectivity index (χ1v) is 8.74. The van der Waals surface area contributed by atoms with E-state index < -0.39 is 0 Å². The molecule has 2 aliphatic carbocycles. The Labute approximate surface area is 145 Å². The summed E-state index contributed by atoms with van der Waals surface area (Å²) in [6, 6.07) is 6.06. The second-order valence-electron chi connectivity index (χ2n) is 6.72. The zero-order chi connectivity index (χ0) is 17.0. The molecule has 0 unspecified atom stereocenters. The summed E-state index contributed by atoms with van der Waals surface area (Å²) in [5, 5.41) is 0. The van der Waals surface area contributed by atoms with Crippen LogP contribution in [0.15, 0.2) is 24.5 Å². The van der Waals surface area contributed by atoms with Crippen LogP contribution in [0.5, 0.6) is 11.5 Å². The highest BCUT2D eigenvalue weighted by atomic mass is 16.5. The molecule has 6 heteroatoms. The van der Waals surface area contributed by atoms with Crippen LogP contribution in [0.2, 0.25) is 0 Å². The number of aryl methyl sites for hydroxylation is 1. The van der Waals surface area contributed by atoms with Crippen LogP contribution in [0.4, 0.5) is 5.82 Å². The molecule has 2 aliphatic rings. The molecule has 25 heavy (non-hydrogen) atoms. The Morgan fingerprint density at radius 3 is 2.84 bits per heavy atom. The zero-order valence-electron chi connectivity index (χ0n) is 14.2. The van der Waals surface area contributed by atoms with Crippen LogP contribution in [0, 0.1) is 0 Å². The number of hydrogen-bond donors (Lipinski definition) is 1. The fourth-order valence-electron chi connectivity index (χ4n) is 3.74. The van der Waals surface area contributed by atoms with Gasteiger partial charge < -0.3 is 19.8 Å². The van der Waals surface area contributed by atoms with Crippen LogP contribution in [-0.2, 0) is 12.8 Å². The van der Waals surface area contributed by atoms with Crippen LogP contribution >= 0.6 is 0 Å². The SMILES string of the molecule is COc1cc(-n2c3c(c4ncnc(N)c42)CCC3)ccc1OC1CC1. The molecule has 2 aromatic heterocycles. The maximum absolute atomic E-state index is 6.20. The second-order valence-corrected chi connectivity index (χ2v) is 6.72. The summed E-state index contributed by atoms with van der Waals surface area (Å²) in [4.78, 5) is 8.70. The fourth-order valence-corrected chi connectivity index (χ4v) is 3.74. The number of nitrogen functional groups attached to an aromatic ring is 1. The molecule has 5 rings (SSSR count). The second kappa shape index (κ2) is 5.37. The summed E-state index contributed by atoms with van der Waals surface area (Å²) in [6.45, 7) is 0. The monoisotopic (exact) mass is 336 g/mol. The topological polar surface area (TPSA) is 75.2 Å². The summed E-state index contributed by atoms with van der Waals surface area (Å²) >= 11 is 0. The number of fused-ring (bicyclic) bond motifs is 3.